The quantitative estimate of drug-likeness (QED) is 0.877. The Bertz CT molecular complexity index is 696. The zero-order valence-corrected chi connectivity index (χ0v) is 10.2. The molecule has 2 aromatic rings. The maximum atomic E-state index is 13.5. The van der Waals surface area contributed by atoms with E-state index in [2.05, 4.69) is 0 Å². The van der Waals surface area contributed by atoms with Gasteiger partial charge in [-0.05, 0) is 23.8 Å². The van der Waals surface area contributed by atoms with Gasteiger partial charge in [0.2, 0.25) is 0 Å². The first-order valence-electron chi connectivity index (χ1n) is 5.56. The summed E-state index contributed by atoms with van der Waals surface area (Å²) < 4.78 is 44.9. The number of halogens is 3. The molecule has 20 heavy (non-hydrogen) atoms. The van der Waals surface area contributed by atoms with E-state index in [-0.39, 0.29) is 23.6 Å². The highest BCUT2D eigenvalue weighted by atomic mass is 19.1. The largest absolute Gasteiger partial charge is 0.486 e. The fourth-order valence-corrected chi connectivity index (χ4v) is 1.61. The second-order valence-electron chi connectivity index (χ2n) is 4.05. The van der Waals surface area contributed by atoms with E-state index in [1.165, 1.54) is 6.07 Å². The van der Waals surface area contributed by atoms with E-state index in [1.807, 2.05) is 0 Å². The van der Waals surface area contributed by atoms with Gasteiger partial charge in [-0.2, -0.15) is 5.26 Å². The van der Waals surface area contributed by atoms with Gasteiger partial charge < -0.3 is 10.5 Å². The first-order valence-corrected chi connectivity index (χ1v) is 5.56. The van der Waals surface area contributed by atoms with Crippen LogP contribution in [0, 0.1) is 28.8 Å². The number of nitrogen functional groups attached to an aromatic ring is 1. The summed E-state index contributed by atoms with van der Waals surface area (Å²) in [5, 5.41) is 8.70. The van der Waals surface area contributed by atoms with E-state index < -0.39 is 17.5 Å². The van der Waals surface area contributed by atoms with Crippen LogP contribution in [-0.4, -0.2) is 0 Å². The minimum atomic E-state index is -0.819. The van der Waals surface area contributed by atoms with Crippen molar-refractivity contribution in [1.82, 2.24) is 0 Å². The lowest BCUT2D eigenvalue weighted by Gasteiger charge is -2.09. The van der Waals surface area contributed by atoms with Gasteiger partial charge in [0.1, 0.15) is 18.2 Å². The van der Waals surface area contributed by atoms with Crippen LogP contribution in [-0.2, 0) is 6.61 Å². The molecule has 0 amide bonds. The Hall–Kier alpha value is -2.68. The van der Waals surface area contributed by atoms with Crippen LogP contribution in [0.25, 0.3) is 0 Å². The van der Waals surface area contributed by atoms with Crippen molar-refractivity contribution in [1.29, 1.82) is 5.26 Å². The average Bonchev–Trinajstić information content (AvgIpc) is 2.40. The number of nitriles is 1. The third kappa shape index (κ3) is 3.01. The zero-order chi connectivity index (χ0) is 14.7. The zero-order valence-electron chi connectivity index (χ0n) is 10.2. The van der Waals surface area contributed by atoms with Crippen molar-refractivity contribution < 1.29 is 17.9 Å². The highest BCUT2D eigenvalue weighted by Crippen LogP contribution is 2.24. The molecule has 0 heterocycles. The van der Waals surface area contributed by atoms with Gasteiger partial charge in [0.25, 0.3) is 0 Å². The predicted octanol–water partition coefficient (Wildman–Crippen LogP) is 3.14. The molecule has 0 saturated carbocycles. The first-order chi connectivity index (χ1) is 9.49. The molecular formula is C14H9F3N2O. The van der Waals surface area contributed by atoms with Crippen LogP contribution in [0.1, 0.15) is 11.1 Å². The lowest BCUT2D eigenvalue weighted by molar-refractivity contribution is 0.288. The first kappa shape index (κ1) is 13.7. The van der Waals surface area contributed by atoms with E-state index >= 15 is 0 Å². The number of benzene rings is 2. The van der Waals surface area contributed by atoms with E-state index in [9.17, 15) is 13.2 Å². The highest BCUT2D eigenvalue weighted by Gasteiger charge is 2.10. The van der Waals surface area contributed by atoms with Gasteiger partial charge in [-0.3, -0.25) is 0 Å². The molecule has 2 aromatic carbocycles. The van der Waals surface area contributed by atoms with Crippen LogP contribution in [0.2, 0.25) is 0 Å². The molecule has 102 valence electrons. The van der Waals surface area contributed by atoms with Crippen molar-refractivity contribution in [3.63, 3.8) is 0 Å². The van der Waals surface area contributed by atoms with Crippen molar-refractivity contribution in [3.8, 4) is 11.8 Å². The summed E-state index contributed by atoms with van der Waals surface area (Å²) in [6, 6.07) is 7.01. The van der Waals surface area contributed by atoms with Gasteiger partial charge >= 0.3 is 0 Å². The lowest BCUT2D eigenvalue weighted by atomic mass is 10.1. The van der Waals surface area contributed by atoms with Crippen molar-refractivity contribution >= 4 is 5.69 Å². The predicted molar refractivity (Wildman–Crippen MR) is 66.2 cm³/mol. The average molecular weight is 278 g/mol. The third-order valence-electron chi connectivity index (χ3n) is 2.53. The molecule has 0 radical (unpaired) electrons. The van der Waals surface area contributed by atoms with Crippen LogP contribution in [0.15, 0.2) is 30.3 Å². The minimum absolute atomic E-state index is 0.118. The summed E-state index contributed by atoms with van der Waals surface area (Å²) in [4.78, 5) is 0. The van der Waals surface area contributed by atoms with E-state index in [1.54, 1.807) is 6.07 Å². The van der Waals surface area contributed by atoms with Crippen LogP contribution in [0.4, 0.5) is 18.9 Å². The molecule has 0 aliphatic rings. The molecule has 0 saturated heterocycles. The number of hydrogen-bond acceptors (Lipinski definition) is 3. The highest BCUT2D eigenvalue weighted by molar-refractivity contribution is 5.44. The standard InChI is InChI=1S/C14H9F3N2O/c15-10-2-8(6-18)1-9(3-10)7-20-14-5-11(16)13(19)4-12(14)17/h1-5H,7,19H2. The van der Waals surface area contributed by atoms with Gasteiger partial charge in [0.05, 0.1) is 17.3 Å². The number of ether oxygens (including phenoxy) is 1. The maximum absolute atomic E-state index is 13.5. The summed E-state index contributed by atoms with van der Waals surface area (Å²) in [7, 11) is 0. The molecule has 0 aliphatic heterocycles. The molecule has 0 unspecified atom stereocenters. The molecule has 0 fully saturated rings. The molecular weight excluding hydrogens is 269 g/mol. The normalized spacial score (nSPS) is 10.1. The number of rotatable bonds is 3. The molecule has 3 nitrogen and oxygen atoms in total. The summed E-state index contributed by atoms with van der Waals surface area (Å²) in [5.41, 5.74) is 5.32. The SMILES string of the molecule is N#Cc1cc(F)cc(COc2cc(F)c(N)cc2F)c1. The van der Waals surface area contributed by atoms with Crippen molar-refractivity contribution in [3.05, 3.63) is 58.9 Å². The van der Waals surface area contributed by atoms with Crippen molar-refractivity contribution in [2.45, 2.75) is 6.61 Å². The van der Waals surface area contributed by atoms with Gasteiger partial charge in [0, 0.05) is 12.1 Å². The maximum Gasteiger partial charge on any atom is 0.167 e. The van der Waals surface area contributed by atoms with Gasteiger partial charge in [-0.1, -0.05) is 0 Å². The molecule has 0 atom stereocenters. The Balaban J connectivity index is 2.19. The molecule has 0 aliphatic carbocycles. The summed E-state index contributed by atoms with van der Waals surface area (Å²) in [6.07, 6.45) is 0. The Morgan fingerprint density at radius 2 is 1.80 bits per heavy atom. The van der Waals surface area contributed by atoms with Crippen molar-refractivity contribution in [2.75, 3.05) is 5.73 Å². The van der Waals surface area contributed by atoms with Gasteiger partial charge in [-0.25, -0.2) is 13.2 Å². The van der Waals surface area contributed by atoms with E-state index in [0.29, 0.717) is 5.56 Å². The van der Waals surface area contributed by atoms with Gasteiger partial charge in [0.15, 0.2) is 11.6 Å². The van der Waals surface area contributed by atoms with Crippen LogP contribution >= 0.6 is 0 Å². The van der Waals surface area contributed by atoms with E-state index in [0.717, 1.165) is 24.3 Å². The lowest BCUT2D eigenvalue weighted by Crippen LogP contribution is -2.01. The topological polar surface area (TPSA) is 59.0 Å². The monoisotopic (exact) mass is 278 g/mol. The molecule has 0 bridgehead atoms. The Morgan fingerprint density at radius 3 is 2.50 bits per heavy atom. The summed E-state index contributed by atoms with van der Waals surface area (Å²) >= 11 is 0. The number of anilines is 1. The smallest absolute Gasteiger partial charge is 0.167 e. The molecule has 0 spiro atoms. The third-order valence-corrected chi connectivity index (χ3v) is 2.53. The fourth-order valence-electron chi connectivity index (χ4n) is 1.61. The number of hydrogen-bond donors (Lipinski definition) is 1. The number of nitrogens with two attached hydrogens (primary N) is 1. The van der Waals surface area contributed by atoms with Crippen LogP contribution in [0.5, 0.6) is 5.75 Å². The summed E-state index contributed by atoms with van der Waals surface area (Å²) in [6.45, 7) is -0.202. The fraction of sp³-hybridized carbons (Fsp3) is 0.0714. The Kier molecular flexibility index (Phi) is 3.80. The summed E-state index contributed by atoms with van der Waals surface area (Å²) in [5.74, 6) is -2.56. The molecule has 2 rings (SSSR count). The van der Waals surface area contributed by atoms with Crippen molar-refractivity contribution in [2.24, 2.45) is 0 Å². The number of nitrogens with zero attached hydrogens (tertiary/aromatic N) is 1. The molecule has 6 heteroatoms. The molecule has 2 N–H and O–H groups in total. The van der Waals surface area contributed by atoms with Crippen LogP contribution in [0.3, 0.4) is 0 Å². The molecule has 0 aromatic heterocycles. The van der Waals surface area contributed by atoms with Crippen LogP contribution < -0.4 is 10.5 Å². The second-order valence-corrected chi connectivity index (χ2v) is 4.05. The van der Waals surface area contributed by atoms with Gasteiger partial charge in [-0.15, -0.1) is 0 Å². The Labute approximate surface area is 113 Å². The van der Waals surface area contributed by atoms with E-state index in [4.69, 9.17) is 15.7 Å². The second kappa shape index (κ2) is 5.53. The Morgan fingerprint density at radius 1 is 1.05 bits per heavy atom. The minimum Gasteiger partial charge on any atom is -0.486 e.